The van der Waals surface area contributed by atoms with Gasteiger partial charge in [0.2, 0.25) is 11.0 Å². The zero-order valence-corrected chi connectivity index (χ0v) is 71.3. The fraction of sp³-hybridized carbons (Fsp3) is 0.0638. The lowest BCUT2D eigenvalue weighted by atomic mass is 9.97. The van der Waals surface area contributed by atoms with Crippen molar-refractivity contribution in [2.24, 2.45) is 40.9 Å². The number of hydrogen-bond donors (Lipinski definition) is 9. The molecule has 4 aromatic heterocycles. The van der Waals surface area contributed by atoms with E-state index in [0.29, 0.717) is 109 Å². The van der Waals surface area contributed by atoms with E-state index in [1.54, 1.807) is 160 Å². The van der Waals surface area contributed by atoms with Crippen LogP contribution in [0.25, 0.3) is 75.1 Å². The Morgan fingerprint density at radius 1 is 0.442 bits per heavy atom. The van der Waals surface area contributed by atoms with Crippen LogP contribution in [0.1, 0.15) is 88.0 Å². The van der Waals surface area contributed by atoms with Gasteiger partial charge in [-0.15, -0.1) is 40.9 Å². The predicted molar refractivity (Wildman–Crippen MR) is 498 cm³/mol. The van der Waals surface area contributed by atoms with Crippen LogP contribution in [0.4, 0.5) is 65.6 Å². The number of nitrogens with zero attached hydrogens (tertiary/aromatic N) is 13. The van der Waals surface area contributed by atoms with Gasteiger partial charge in [0.25, 0.3) is 17.5 Å². The molecule has 35 heteroatoms. The molecule has 129 heavy (non-hydrogen) atoms. The number of fused-ring (bicyclic) bond motifs is 7. The minimum absolute atomic E-state index is 0.00122. The van der Waals surface area contributed by atoms with Crippen molar-refractivity contribution in [3.63, 3.8) is 0 Å². The van der Waals surface area contributed by atoms with Crippen LogP contribution < -0.4 is 20.7 Å². The number of aliphatic hydroxyl groups is 2. The fourth-order valence-electron chi connectivity index (χ4n) is 13.4. The number of rotatable bonds is 21. The third-order valence-electron chi connectivity index (χ3n) is 19.9. The number of benzene rings is 14. The van der Waals surface area contributed by atoms with Gasteiger partial charge in [-0.1, -0.05) is 163 Å². The smallest absolute Gasteiger partial charge is 0.270 e. The molecule has 9 N–H and O–H groups in total. The molecule has 0 aliphatic heterocycles. The summed E-state index contributed by atoms with van der Waals surface area (Å²) in [6, 6.07) is 72.8. The van der Waals surface area contributed by atoms with Crippen LogP contribution in [0.3, 0.4) is 0 Å². The van der Waals surface area contributed by atoms with E-state index in [1.165, 1.54) is 43.4 Å². The van der Waals surface area contributed by atoms with Gasteiger partial charge in [0, 0.05) is 80.1 Å². The van der Waals surface area contributed by atoms with Gasteiger partial charge < -0.3 is 51.3 Å². The van der Waals surface area contributed by atoms with Gasteiger partial charge in [0.05, 0.1) is 80.0 Å². The van der Waals surface area contributed by atoms with E-state index in [2.05, 4.69) is 75.0 Å². The molecule has 0 saturated carbocycles. The molecule has 0 aliphatic rings. The number of phenols is 4. The van der Waals surface area contributed by atoms with Gasteiger partial charge in [-0.05, 0) is 166 Å². The van der Waals surface area contributed by atoms with Crippen molar-refractivity contribution in [3.05, 3.63) is 315 Å². The minimum atomic E-state index is -0.551. The Bertz CT molecular complexity index is 7590. The number of aldehydes is 1. The Kier molecular flexibility index (Phi) is 26.6. The van der Waals surface area contributed by atoms with Crippen LogP contribution >= 0.6 is 45.9 Å². The van der Waals surface area contributed by atoms with Crippen molar-refractivity contribution < 1.29 is 69.1 Å². The number of aromatic nitrogens is 4. The number of nitrogens with one attached hydrogen (secondary N) is 3. The van der Waals surface area contributed by atoms with Gasteiger partial charge in [-0.3, -0.25) is 38.9 Å². The number of Topliss-reactive ketones (excluding diaryl/α,β-unsaturated/α-hetero) is 1. The summed E-state index contributed by atoms with van der Waals surface area (Å²) < 4.78 is 18.9. The number of amides is 3. The van der Waals surface area contributed by atoms with Crippen molar-refractivity contribution >= 4 is 222 Å². The largest absolute Gasteiger partial charge is 0.505 e. The maximum atomic E-state index is 13.0. The summed E-state index contributed by atoms with van der Waals surface area (Å²) in [5.74, 6) is -2.18. The van der Waals surface area contributed by atoms with E-state index in [1.807, 2.05) is 91.0 Å². The number of hydrogen-bond acceptors (Lipinski definition) is 31. The van der Waals surface area contributed by atoms with Crippen molar-refractivity contribution in [3.8, 4) is 28.7 Å². The van der Waals surface area contributed by atoms with Crippen molar-refractivity contribution in [2.75, 3.05) is 23.1 Å². The molecule has 18 rings (SSSR count). The third kappa shape index (κ3) is 19.6. The van der Waals surface area contributed by atoms with Crippen molar-refractivity contribution in [2.45, 2.75) is 34.0 Å². The number of phenolic OH excluding ortho intramolecular Hbond substituents is 4. The highest BCUT2D eigenvalue weighted by atomic mass is 32.1. The molecule has 18 aromatic rings. The Balaban J connectivity index is 0.000000133. The number of carbonyl (C=O) groups excluding carboxylic acids is 6. The normalized spacial score (nSPS) is 11.3. The minimum Gasteiger partial charge on any atom is -0.505 e. The molecular formula is C94H68N16O15S4. The SMILES string of the molecule is CC(=O)Nc1ccc2nsc(N=Nc3c(O)c(C(C)=O)cc4ccccc34)c2c1.COc1ccc2sc(N=Nc3c(O)c(C(=O)Nc4ccc(CO)cc4)cc4ccccc34)nc2c1.Cc1nsc(N=Nc2c(O)c(C(=O)c3ccccc3)cc3ccccc23)c1C=O.O=C(Nc1ccc(CO)cc1)c1cc2ccccc2c(N=Nc2snc3ccc([N+](=O)[O-])cc23)c1O. The maximum absolute atomic E-state index is 13.0. The lowest BCUT2D eigenvalue weighted by Gasteiger charge is -2.11. The first-order chi connectivity index (χ1) is 62.5. The van der Waals surface area contributed by atoms with E-state index >= 15 is 0 Å². The number of carbonyl (C=O) groups is 6. The number of aromatic hydroxyl groups is 4. The molecule has 0 spiro atoms. The van der Waals surface area contributed by atoms with Gasteiger partial charge in [-0.25, -0.2) is 4.98 Å². The number of nitro groups is 1. The number of anilines is 3. The number of non-ortho nitro benzene ring substituents is 1. The first kappa shape index (κ1) is 87.5. The zero-order valence-electron chi connectivity index (χ0n) is 68.0. The summed E-state index contributed by atoms with van der Waals surface area (Å²) in [6.45, 7) is 4.34. The zero-order chi connectivity index (χ0) is 90.5. The molecule has 4 heterocycles. The number of nitro benzene ring substituents is 1. The fourth-order valence-corrected chi connectivity index (χ4v) is 16.2. The van der Waals surface area contributed by atoms with Crippen molar-refractivity contribution in [1.29, 1.82) is 0 Å². The predicted octanol–water partition coefficient (Wildman–Crippen LogP) is 24.0. The van der Waals surface area contributed by atoms with Crippen LogP contribution in [-0.2, 0) is 18.0 Å². The molecule has 0 atom stereocenters. The number of thiazole rings is 1. The Morgan fingerprint density at radius 3 is 1.34 bits per heavy atom. The molecule has 14 aromatic carbocycles. The average molecular weight is 1790 g/mol. The van der Waals surface area contributed by atoms with Crippen LogP contribution in [0.5, 0.6) is 28.7 Å². The maximum Gasteiger partial charge on any atom is 0.270 e. The van der Waals surface area contributed by atoms with Crippen LogP contribution in [0, 0.1) is 17.0 Å². The van der Waals surface area contributed by atoms with Gasteiger partial charge in [-0.2, -0.15) is 13.1 Å². The first-order valence-electron chi connectivity index (χ1n) is 38.9. The Hall–Kier alpha value is -16.4. The standard InChI is InChI=1S/C26H20N4O4S.C25H17N5O5S.C22H15N3O3S.C21H16N4O3S/c1-34-18-10-11-22-21(13-18)28-26(35-22)30-29-23-19-5-3-2-4-16(19)12-20(24(23)32)25(33)27-17-8-6-15(14-31)7-9-17;31-13-14-5-7-16(8-6-14)26-24(33)20-11-15-3-1-2-4-18(15)22(23(20)32)27-28-25-19-12-17(30(34)35)9-10-21(19)29-36-25;1-13-18(12-26)22(29-25-13)24-23-19-16-10-6-5-9-15(16)11-17(21(19)28)20(27)14-7-3-2-4-8-14;1-11(26)16-9-13-5-3-4-6-15(13)19(20(16)28)23-24-21-17-10-14(22-12(2)27)7-8-18(17)25-29-21/h2-13,31-32H,14H2,1H3,(H,27,33);1-12,31-32H,13H2,(H,26,33);2-12,28H,1H3;3-10,28H,1-2H3,(H,22,27). The molecule has 0 fully saturated rings. The monoisotopic (exact) mass is 1790 g/mol. The van der Waals surface area contributed by atoms with Gasteiger partial charge in [0.1, 0.15) is 28.5 Å². The van der Waals surface area contributed by atoms with E-state index in [4.69, 9.17) is 4.74 Å². The highest BCUT2D eigenvalue weighted by molar-refractivity contribution is 7.22. The third-order valence-corrected chi connectivity index (χ3v) is 23.2. The number of azo groups is 4. The molecule has 0 radical (unpaired) electrons. The second kappa shape index (κ2) is 39.2. The number of ketones is 2. The van der Waals surface area contributed by atoms with E-state index in [-0.39, 0.29) is 104 Å². The first-order valence-corrected chi connectivity index (χ1v) is 42.0. The molecule has 0 aliphatic carbocycles. The number of aliphatic hydroxyl groups excluding tert-OH is 2. The molecular weight excluding hydrogens is 1720 g/mol. The molecule has 0 bridgehead atoms. The number of methoxy groups -OCH3 is 1. The molecule has 31 nitrogen and oxygen atoms in total. The highest BCUT2D eigenvalue weighted by Crippen LogP contribution is 2.47. The van der Waals surface area contributed by atoms with Crippen LogP contribution in [-0.4, -0.2) is 96.4 Å². The van der Waals surface area contributed by atoms with Crippen LogP contribution in [0.2, 0.25) is 0 Å². The number of aryl methyl sites for hydroxylation is 1. The average Bonchev–Trinajstić information content (AvgIpc) is 1.10. The Labute approximate surface area is 746 Å². The van der Waals surface area contributed by atoms with E-state index in [0.717, 1.165) is 77.4 Å². The van der Waals surface area contributed by atoms with Gasteiger partial charge in [0.15, 0.2) is 55.9 Å². The molecule has 638 valence electrons. The van der Waals surface area contributed by atoms with E-state index in [9.17, 15) is 69.5 Å². The summed E-state index contributed by atoms with van der Waals surface area (Å²) in [5, 5.41) is 124. The quantitative estimate of drug-likeness (QED) is 0.0106. The lowest BCUT2D eigenvalue weighted by Crippen LogP contribution is -2.12. The molecule has 0 saturated heterocycles. The molecule has 0 unspecified atom stereocenters. The van der Waals surface area contributed by atoms with Gasteiger partial charge >= 0.3 is 0 Å². The second-order valence-corrected chi connectivity index (χ2v) is 31.6. The van der Waals surface area contributed by atoms with Crippen LogP contribution in [0.15, 0.2) is 296 Å². The second-order valence-electron chi connectivity index (χ2n) is 28.3. The summed E-state index contributed by atoms with van der Waals surface area (Å²) in [4.78, 5) is 88.6. The highest BCUT2D eigenvalue weighted by Gasteiger charge is 2.25. The summed E-state index contributed by atoms with van der Waals surface area (Å²) in [5.41, 5.74) is 7.44. The van der Waals surface area contributed by atoms with Crippen molar-refractivity contribution in [1.82, 2.24) is 18.1 Å². The summed E-state index contributed by atoms with van der Waals surface area (Å²) in [6.07, 6.45) is 0.681. The topological polar surface area (TPSA) is 463 Å². The lowest BCUT2D eigenvalue weighted by molar-refractivity contribution is -0.384. The van der Waals surface area contributed by atoms with E-state index < -0.39 is 16.7 Å². The number of ether oxygens (including phenoxy) is 1. The molecule has 3 amide bonds. The summed E-state index contributed by atoms with van der Waals surface area (Å²) >= 11 is 4.58. The summed E-state index contributed by atoms with van der Waals surface area (Å²) in [7, 11) is 1.59. The Morgan fingerprint density at radius 2 is 0.868 bits per heavy atom.